The predicted molar refractivity (Wildman–Crippen MR) is 85.5 cm³/mol. The number of nitrogens with one attached hydrogen (secondary N) is 1. The Morgan fingerprint density at radius 1 is 1.10 bits per heavy atom. The molecule has 106 valence electrons. The van der Waals surface area contributed by atoms with Crippen molar-refractivity contribution >= 4 is 15.9 Å². The molecule has 1 unspecified atom stereocenters. The van der Waals surface area contributed by atoms with E-state index in [0.717, 1.165) is 22.0 Å². The molecule has 2 aromatic rings. The van der Waals surface area contributed by atoms with Crippen molar-refractivity contribution in [3.05, 3.63) is 68.9 Å². The van der Waals surface area contributed by atoms with Crippen molar-refractivity contribution in [3.8, 4) is 0 Å². The van der Waals surface area contributed by atoms with Gasteiger partial charge in [-0.25, -0.2) is 4.39 Å². The van der Waals surface area contributed by atoms with Crippen LogP contribution >= 0.6 is 15.9 Å². The SMILES string of the molecule is CNC(Cc1cc(F)ccc1C)c1ccc(Br)c(C)c1. The zero-order valence-corrected chi connectivity index (χ0v) is 13.6. The summed E-state index contributed by atoms with van der Waals surface area (Å²) < 4.78 is 14.5. The summed E-state index contributed by atoms with van der Waals surface area (Å²) in [5, 5.41) is 3.32. The Labute approximate surface area is 128 Å². The number of benzene rings is 2. The first kappa shape index (κ1) is 15.2. The number of aryl methyl sites for hydroxylation is 2. The zero-order valence-electron chi connectivity index (χ0n) is 12.0. The van der Waals surface area contributed by atoms with Gasteiger partial charge in [0.1, 0.15) is 5.82 Å². The van der Waals surface area contributed by atoms with Crippen molar-refractivity contribution in [1.29, 1.82) is 0 Å². The molecule has 0 aromatic heterocycles. The lowest BCUT2D eigenvalue weighted by atomic mass is 9.95. The van der Waals surface area contributed by atoms with E-state index >= 15 is 0 Å². The Morgan fingerprint density at radius 3 is 2.50 bits per heavy atom. The first-order valence-corrected chi connectivity index (χ1v) is 7.49. The fraction of sp³-hybridized carbons (Fsp3) is 0.294. The molecule has 20 heavy (non-hydrogen) atoms. The standard InChI is InChI=1S/C17H19BrFN/c1-11-4-6-15(19)9-14(11)10-17(20-3)13-5-7-16(18)12(2)8-13/h4-9,17,20H,10H2,1-3H3. The van der Waals surface area contributed by atoms with Gasteiger partial charge in [-0.15, -0.1) is 0 Å². The number of hydrogen-bond acceptors (Lipinski definition) is 1. The quantitative estimate of drug-likeness (QED) is 0.853. The molecular weight excluding hydrogens is 317 g/mol. The van der Waals surface area contributed by atoms with Gasteiger partial charge in [0.25, 0.3) is 0 Å². The first-order valence-electron chi connectivity index (χ1n) is 6.69. The van der Waals surface area contributed by atoms with Crippen LogP contribution in [0.5, 0.6) is 0 Å². The Bertz CT molecular complexity index is 610. The Morgan fingerprint density at radius 2 is 1.85 bits per heavy atom. The van der Waals surface area contributed by atoms with Gasteiger partial charge in [-0.2, -0.15) is 0 Å². The van der Waals surface area contributed by atoms with Crippen molar-refractivity contribution < 1.29 is 4.39 Å². The topological polar surface area (TPSA) is 12.0 Å². The molecule has 0 bridgehead atoms. The lowest BCUT2D eigenvalue weighted by Crippen LogP contribution is -2.19. The van der Waals surface area contributed by atoms with Crippen LogP contribution in [0.4, 0.5) is 4.39 Å². The molecule has 0 saturated carbocycles. The van der Waals surface area contributed by atoms with E-state index in [1.807, 2.05) is 20.0 Å². The van der Waals surface area contributed by atoms with Crippen molar-refractivity contribution in [2.75, 3.05) is 7.05 Å². The van der Waals surface area contributed by atoms with Crippen molar-refractivity contribution in [2.24, 2.45) is 0 Å². The fourth-order valence-corrected chi connectivity index (χ4v) is 2.60. The second kappa shape index (κ2) is 6.51. The maximum atomic E-state index is 13.4. The molecule has 0 fully saturated rings. The summed E-state index contributed by atoms with van der Waals surface area (Å²) in [6, 6.07) is 11.5. The zero-order chi connectivity index (χ0) is 14.7. The highest BCUT2D eigenvalue weighted by Gasteiger charge is 2.13. The monoisotopic (exact) mass is 335 g/mol. The van der Waals surface area contributed by atoms with Gasteiger partial charge in [-0.1, -0.05) is 34.1 Å². The minimum absolute atomic E-state index is 0.174. The van der Waals surface area contributed by atoms with E-state index in [2.05, 4.69) is 46.4 Å². The molecule has 0 amide bonds. The molecule has 0 aliphatic rings. The summed E-state index contributed by atoms with van der Waals surface area (Å²) in [6.07, 6.45) is 0.779. The molecule has 2 rings (SSSR count). The average molecular weight is 336 g/mol. The molecule has 0 heterocycles. The smallest absolute Gasteiger partial charge is 0.123 e. The van der Waals surface area contributed by atoms with E-state index < -0.39 is 0 Å². The molecule has 0 radical (unpaired) electrons. The van der Waals surface area contributed by atoms with Gasteiger partial charge < -0.3 is 5.32 Å². The Balaban J connectivity index is 2.28. The third-order valence-electron chi connectivity index (χ3n) is 3.67. The summed E-state index contributed by atoms with van der Waals surface area (Å²) in [7, 11) is 1.94. The fourth-order valence-electron chi connectivity index (χ4n) is 2.35. The molecule has 1 atom stereocenters. The van der Waals surface area contributed by atoms with E-state index in [0.29, 0.717) is 0 Å². The predicted octanol–water partition coefficient (Wildman–Crippen LogP) is 4.71. The molecule has 2 aromatic carbocycles. The molecule has 0 aliphatic carbocycles. The number of halogens is 2. The van der Waals surface area contributed by atoms with Crippen LogP contribution in [-0.4, -0.2) is 7.05 Å². The molecule has 0 spiro atoms. The van der Waals surface area contributed by atoms with Crippen LogP contribution in [0.25, 0.3) is 0 Å². The first-order chi connectivity index (χ1) is 9.51. The van der Waals surface area contributed by atoms with Crippen molar-refractivity contribution in [3.63, 3.8) is 0 Å². The van der Waals surface area contributed by atoms with Gasteiger partial charge in [0.15, 0.2) is 0 Å². The molecule has 0 aliphatic heterocycles. The van der Waals surface area contributed by atoms with E-state index in [-0.39, 0.29) is 11.9 Å². The van der Waals surface area contributed by atoms with Crippen LogP contribution in [0.1, 0.15) is 28.3 Å². The summed E-state index contributed by atoms with van der Waals surface area (Å²) in [5.41, 5.74) is 4.60. The number of hydrogen-bond donors (Lipinski definition) is 1. The van der Waals surface area contributed by atoms with Crippen LogP contribution in [-0.2, 0) is 6.42 Å². The maximum Gasteiger partial charge on any atom is 0.123 e. The van der Waals surface area contributed by atoms with Crippen LogP contribution < -0.4 is 5.32 Å². The number of likely N-dealkylation sites (N-methyl/N-ethyl adjacent to an activating group) is 1. The van der Waals surface area contributed by atoms with Crippen LogP contribution in [0.2, 0.25) is 0 Å². The van der Waals surface area contributed by atoms with Crippen molar-refractivity contribution in [1.82, 2.24) is 5.32 Å². The minimum atomic E-state index is -0.174. The maximum absolute atomic E-state index is 13.4. The number of rotatable bonds is 4. The van der Waals surface area contributed by atoms with E-state index in [1.54, 1.807) is 6.07 Å². The summed E-state index contributed by atoms with van der Waals surface area (Å²) in [5.74, 6) is -0.174. The summed E-state index contributed by atoms with van der Waals surface area (Å²) in [4.78, 5) is 0. The van der Waals surface area contributed by atoms with Gasteiger partial charge >= 0.3 is 0 Å². The lowest BCUT2D eigenvalue weighted by molar-refractivity contribution is 0.582. The van der Waals surface area contributed by atoms with Gasteiger partial charge in [-0.3, -0.25) is 0 Å². The highest BCUT2D eigenvalue weighted by molar-refractivity contribution is 9.10. The highest BCUT2D eigenvalue weighted by atomic mass is 79.9. The summed E-state index contributed by atoms with van der Waals surface area (Å²) in [6.45, 7) is 4.10. The van der Waals surface area contributed by atoms with Gasteiger partial charge in [-0.05, 0) is 67.8 Å². The largest absolute Gasteiger partial charge is 0.313 e. The van der Waals surface area contributed by atoms with E-state index in [9.17, 15) is 4.39 Å². The van der Waals surface area contributed by atoms with Crippen LogP contribution in [0, 0.1) is 19.7 Å². The van der Waals surface area contributed by atoms with E-state index in [1.165, 1.54) is 17.2 Å². The minimum Gasteiger partial charge on any atom is -0.313 e. The normalized spacial score (nSPS) is 12.4. The van der Waals surface area contributed by atoms with Gasteiger partial charge in [0.2, 0.25) is 0 Å². The second-order valence-corrected chi connectivity index (χ2v) is 5.98. The Hall–Kier alpha value is -1.19. The third-order valence-corrected chi connectivity index (χ3v) is 4.56. The van der Waals surface area contributed by atoms with E-state index in [4.69, 9.17) is 0 Å². The van der Waals surface area contributed by atoms with Gasteiger partial charge in [0.05, 0.1) is 0 Å². The van der Waals surface area contributed by atoms with Gasteiger partial charge in [0, 0.05) is 10.5 Å². The molecule has 1 nitrogen and oxygen atoms in total. The summed E-state index contributed by atoms with van der Waals surface area (Å²) >= 11 is 3.52. The van der Waals surface area contributed by atoms with Crippen molar-refractivity contribution in [2.45, 2.75) is 26.3 Å². The van der Waals surface area contributed by atoms with Crippen LogP contribution in [0.15, 0.2) is 40.9 Å². The molecule has 1 N–H and O–H groups in total. The molecule has 0 saturated heterocycles. The average Bonchev–Trinajstić information content (AvgIpc) is 2.43. The molecular formula is C17H19BrFN. The third kappa shape index (κ3) is 3.47. The second-order valence-electron chi connectivity index (χ2n) is 5.12. The highest BCUT2D eigenvalue weighted by Crippen LogP contribution is 2.25. The molecule has 3 heteroatoms. The van der Waals surface area contributed by atoms with Crippen LogP contribution in [0.3, 0.4) is 0 Å². The lowest BCUT2D eigenvalue weighted by Gasteiger charge is -2.19. The Kier molecular flexibility index (Phi) is 4.95.